The van der Waals surface area contributed by atoms with Gasteiger partial charge in [-0.25, -0.2) is 0 Å². The molecular weight excluding hydrogens is 302 g/mol. The smallest absolute Gasteiger partial charge is 0.126 e. The van der Waals surface area contributed by atoms with Gasteiger partial charge in [-0.3, -0.25) is 0 Å². The quantitative estimate of drug-likeness (QED) is 0.366. The number of oxime groups is 1. The standard InChI is InChI=1S/C20H25NO3/c1-15-7-5-10-18(20(2,3)4)19(15)24-12-11-23-17-9-6-8-16(13-17)14-21-22/h5-10,13-14,22H,11-12H2,1-4H3. The van der Waals surface area contributed by atoms with Crippen molar-refractivity contribution in [3.05, 3.63) is 59.2 Å². The van der Waals surface area contributed by atoms with E-state index in [0.717, 1.165) is 22.6 Å². The molecular formula is C20H25NO3. The average Bonchev–Trinajstić information content (AvgIpc) is 2.52. The SMILES string of the molecule is Cc1cccc(C(C)(C)C)c1OCCOc1cccc(C=NO)c1. The van der Waals surface area contributed by atoms with Crippen LogP contribution in [-0.2, 0) is 5.41 Å². The highest BCUT2D eigenvalue weighted by molar-refractivity contribution is 5.79. The van der Waals surface area contributed by atoms with Crippen LogP contribution in [0.25, 0.3) is 0 Å². The van der Waals surface area contributed by atoms with Gasteiger partial charge in [0.15, 0.2) is 0 Å². The lowest BCUT2D eigenvalue weighted by molar-refractivity contribution is 0.213. The normalized spacial score (nSPS) is 11.7. The fourth-order valence-electron chi connectivity index (χ4n) is 2.49. The van der Waals surface area contributed by atoms with E-state index in [0.29, 0.717) is 13.2 Å². The molecule has 0 bridgehead atoms. The largest absolute Gasteiger partial charge is 0.490 e. The van der Waals surface area contributed by atoms with Gasteiger partial charge in [-0.05, 0) is 41.2 Å². The first-order valence-corrected chi connectivity index (χ1v) is 8.05. The van der Waals surface area contributed by atoms with Crippen LogP contribution < -0.4 is 9.47 Å². The van der Waals surface area contributed by atoms with Crippen LogP contribution in [0.1, 0.15) is 37.5 Å². The van der Waals surface area contributed by atoms with Crippen molar-refractivity contribution in [1.82, 2.24) is 0 Å². The van der Waals surface area contributed by atoms with Crippen LogP contribution in [0.5, 0.6) is 11.5 Å². The topological polar surface area (TPSA) is 51.0 Å². The summed E-state index contributed by atoms with van der Waals surface area (Å²) in [5.41, 5.74) is 3.14. The first kappa shape index (κ1) is 17.9. The van der Waals surface area contributed by atoms with Gasteiger partial charge in [-0.1, -0.05) is 56.3 Å². The molecule has 0 fully saturated rings. The highest BCUT2D eigenvalue weighted by Crippen LogP contribution is 2.33. The Morgan fingerprint density at radius 1 is 1.04 bits per heavy atom. The summed E-state index contributed by atoms with van der Waals surface area (Å²) in [6.07, 6.45) is 1.37. The Kier molecular flexibility index (Phi) is 5.85. The summed E-state index contributed by atoms with van der Waals surface area (Å²) in [7, 11) is 0. The van der Waals surface area contributed by atoms with E-state index in [9.17, 15) is 0 Å². The summed E-state index contributed by atoms with van der Waals surface area (Å²) in [4.78, 5) is 0. The van der Waals surface area contributed by atoms with Crippen molar-refractivity contribution in [2.75, 3.05) is 13.2 Å². The van der Waals surface area contributed by atoms with Gasteiger partial charge in [0.2, 0.25) is 0 Å². The molecule has 1 N–H and O–H groups in total. The fourth-order valence-corrected chi connectivity index (χ4v) is 2.49. The Hall–Kier alpha value is -2.49. The molecule has 2 aromatic rings. The molecule has 24 heavy (non-hydrogen) atoms. The molecule has 2 aromatic carbocycles. The Labute approximate surface area is 143 Å². The van der Waals surface area contributed by atoms with E-state index in [-0.39, 0.29) is 5.41 Å². The minimum atomic E-state index is 0.0279. The molecule has 0 radical (unpaired) electrons. The van der Waals surface area contributed by atoms with Crippen LogP contribution >= 0.6 is 0 Å². The van der Waals surface area contributed by atoms with Crippen molar-refractivity contribution in [1.29, 1.82) is 0 Å². The molecule has 0 aliphatic rings. The molecule has 2 rings (SSSR count). The molecule has 4 nitrogen and oxygen atoms in total. The second kappa shape index (κ2) is 7.86. The van der Waals surface area contributed by atoms with Gasteiger partial charge in [-0.15, -0.1) is 0 Å². The summed E-state index contributed by atoms with van der Waals surface area (Å²) in [6.45, 7) is 9.51. The molecule has 0 saturated heterocycles. The predicted octanol–water partition coefficient (Wildman–Crippen LogP) is 4.56. The Bertz CT molecular complexity index is 702. The second-order valence-electron chi connectivity index (χ2n) is 6.72. The van der Waals surface area contributed by atoms with Gasteiger partial charge in [0.05, 0.1) is 6.21 Å². The molecule has 0 aromatic heterocycles. The molecule has 4 heteroatoms. The van der Waals surface area contributed by atoms with E-state index in [4.69, 9.17) is 14.7 Å². The maximum Gasteiger partial charge on any atom is 0.126 e. The Morgan fingerprint density at radius 3 is 2.46 bits per heavy atom. The lowest BCUT2D eigenvalue weighted by Crippen LogP contribution is -2.16. The van der Waals surface area contributed by atoms with E-state index in [2.05, 4.69) is 51.0 Å². The number of benzene rings is 2. The van der Waals surface area contributed by atoms with Crippen LogP contribution in [0.15, 0.2) is 47.6 Å². The summed E-state index contributed by atoms with van der Waals surface area (Å²) >= 11 is 0. The third kappa shape index (κ3) is 4.75. The van der Waals surface area contributed by atoms with E-state index in [1.165, 1.54) is 11.8 Å². The number of nitrogens with zero attached hydrogens (tertiary/aromatic N) is 1. The van der Waals surface area contributed by atoms with Crippen LogP contribution in [0.4, 0.5) is 0 Å². The van der Waals surface area contributed by atoms with Gasteiger partial charge in [-0.2, -0.15) is 0 Å². The highest BCUT2D eigenvalue weighted by atomic mass is 16.5. The number of para-hydroxylation sites is 1. The minimum absolute atomic E-state index is 0.0279. The zero-order valence-corrected chi connectivity index (χ0v) is 14.7. The monoisotopic (exact) mass is 327 g/mol. The fraction of sp³-hybridized carbons (Fsp3) is 0.350. The van der Waals surface area contributed by atoms with E-state index >= 15 is 0 Å². The lowest BCUT2D eigenvalue weighted by atomic mass is 9.85. The minimum Gasteiger partial charge on any atom is -0.490 e. The number of hydrogen-bond acceptors (Lipinski definition) is 4. The van der Waals surface area contributed by atoms with Gasteiger partial charge < -0.3 is 14.7 Å². The predicted molar refractivity (Wildman–Crippen MR) is 96.7 cm³/mol. The first-order chi connectivity index (χ1) is 11.4. The molecule has 0 spiro atoms. The van der Waals surface area contributed by atoms with E-state index < -0.39 is 0 Å². The van der Waals surface area contributed by atoms with Gasteiger partial charge in [0, 0.05) is 0 Å². The van der Waals surface area contributed by atoms with Gasteiger partial charge >= 0.3 is 0 Å². The summed E-state index contributed by atoms with van der Waals surface area (Å²) < 4.78 is 11.7. The summed E-state index contributed by atoms with van der Waals surface area (Å²) in [6, 6.07) is 13.6. The zero-order valence-electron chi connectivity index (χ0n) is 14.7. The number of rotatable bonds is 6. The van der Waals surface area contributed by atoms with Crippen molar-refractivity contribution >= 4 is 6.21 Å². The number of hydrogen-bond donors (Lipinski definition) is 1. The Balaban J connectivity index is 1.97. The van der Waals surface area contributed by atoms with Crippen LogP contribution in [-0.4, -0.2) is 24.6 Å². The first-order valence-electron chi connectivity index (χ1n) is 8.05. The lowest BCUT2D eigenvalue weighted by Gasteiger charge is -2.24. The molecule has 0 saturated carbocycles. The second-order valence-corrected chi connectivity index (χ2v) is 6.72. The maximum atomic E-state index is 8.58. The number of aryl methyl sites for hydroxylation is 1. The Morgan fingerprint density at radius 2 is 1.75 bits per heavy atom. The van der Waals surface area contributed by atoms with Crippen molar-refractivity contribution in [3.63, 3.8) is 0 Å². The van der Waals surface area contributed by atoms with Gasteiger partial charge in [0.1, 0.15) is 24.7 Å². The summed E-state index contributed by atoms with van der Waals surface area (Å²) in [5, 5.41) is 11.6. The third-order valence-corrected chi connectivity index (χ3v) is 3.68. The third-order valence-electron chi connectivity index (χ3n) is 3.68. The summed E-state index contributed by atoms with van der Waals surface area (Å²) in [5.74, 6) is 1.66. The molecule has 0 aliphatic heterocycles. The van der Waals surface area contributed by atoms with Crippen LogP contribution in [0, 0.1) is 6.92 Å². The van der Waals surface area contributed by atoms with Crippen LogP contribution in [0.3, 0.4) is 0 Å². The van der Waals surface area contributed by atoms with Gasteiger partial charge in [0.25, 0.3) is 0 Å². The molecule has 0 heterocycles. The van der Waals surface area contributed by atoms with E-state index in [1.54, 1.807) is 0 Å². The molecule has 0 atom stereocenters. The maximum absolute atomic E-state index is 8.58. The number of ether oxygens (including phenoxy) is 2. The van der Waals surface area contributed by atoms with Crippen molar-refractivity contribution < 1.29 is 14.7 Å². The average molecular weight is 327 g/mol. The van der Waals surface area contributed by atoms with Crippen molar-refractivity contribution in [2.45, 2.75) is 33.1 Å². The highest BCUT2D eigenvalue weighted by Gasteiger charge is 2.20. The van der Waals surface area contributed by atoms with Crippen molar-refractivity contribution in [2.24, 2.45) is 5.16 Å². The van der Waals surface area contributed by atoms with E-state index in [1.807, 2.05) is 24.3 Å². The van der Waals surface area contributed by atoms with Crippen LogP contribution in [0.2, 0.25) is 0 Å². The van der Waals surface area contributed by atoms with Crippen molar-refractivity contribution in [3.8, 4) is 11.5 Å². The molecule has 0 aliphatic carbocycles. The molecule has 0 amide bonds. The zero-order chi connectivity index (χ0) is 17.6. The molecule has 0 unspecified atom stereocenters. The molecule has 128 valence electrons.